The lowest BCUT2D eigenvalue weighted by Crippen LogP contribution is -2.08. The summed E-state index contributed by atoms with van der Waals surface area (Å²) >= 11 is 0. The summed E-state index contributed by atoms with van der Waals surface area (Å²) in [5.74, 6) is 0.837. The number of ketones is 1. The average molecular weight is 201 g/mol. The van der Waals surface area contributed by atoms with Gasteiger partial charge in [-0.3, -0.25) is 9.78 Å². The molecule has 4 nitrogen and oxygen atoms in total. The molecule has 2 aromatic rings. The first-order chi connectivity index (χ1) is 7.27. The number of nitrogens with zero attached hydrogens (tertiary/aromatic N) is 3. The van der Waals surface area contributed by atoms with E-state index >= 15 is 0 Å². The van der Waals surface area contributed by atoms with Crippen molar-refractivity contribution in [3.8, 4) is 0 Å². The molecule has 0 aliphatic heterocycles. The molecule has 4 heteroatoms. The monoisotopic (exact) mass is 201 g/mol. The number of carbonyl (C=O) groups is 1. The molecule has 0 radical (unpaired) electrons. The second-order valence-corrected chi connectivity index (χ2v) is 3.29. The van der Waals surface area contributed by atoms with Gasteiger partial charge in [0.15, 0.2) is 5.78 Å². The van der Waals surface area contributed by atoms with Crippen LogP contribution in [0.5, 0.6) is 0 Å². The van der Waals surface area contributed by atoms with Gasteiger partial charge in [0.1, 0.15) is 5.82 Å². The number of hydrogen-bond acceptors (Lipinski definition) is 3. The minimum atomic E-state index is 0.0618. The van der Waals surface area contributed by atoms with Gasteiger partial charge in [-0.15, -0.1) is 0 Å². The minimum absolute atomic E-state index is 0.0618. The van der Waals surface area contributed by atoms with Gasteiger partial charge in [0, 0.05) is 37.4 Å². The maximum Gasteiger partial charge on any atom is 0.170 e. The smallest absolute Gasteiger partial charge is 0.170 e. The number of aryl methyl sites for hydroxylation is 1. The van der Waals surface area contributed by atoms with E-state index in [1.165, 1.54) is 0 Å². The van der Waals surface area contributed by atoms with E-state index in [0.29, 0.717) is 12.0 Å². The fourth-order valence-electron chi connectivity index (χ4n) is 1.35. The zero-order chi connectivity index (χ0) is 10.7. The SMILES string of the molecule is Cn1ccnc1CC(=O)c1ccncc1. The second-order valence-electron chi connectivity index (χ2n) is 3.29. The third kappa shape index (κ3) is 2.10. The molecule has 0 amide bonds. The van der Waals surface area contributed by atoms with E-state index in [0.717, 1.165) is 5.82 Å². The first kappa shape index (κ1) is 9.58. The fraction of sp³-hybridized carbons (Fsp3) is 0.182. The Kier molecular flexibility index (Phi) is 2.58. The summed E-state index contributed by atoms with van der Waals surface area (Å²) in [5.41, 5.74) is 0.674. The number of rotatable bonds is 3. The highest BCUT2D eigenvalue weighted by Crippen LogP contribution is 2.04. The number of aromatic nitrogens is 3. The first-order valence-electron chi connectivity index (χ1n) is 4.67. The van der Waals surface area contributed by atoms with Crippen LogP contribution in [0.4, 0.5) is 0 Å². The summed E-state index contributed by atoms with van der Waals surface area (Å²) in [6.07, 6.45) is 7.08. The van der Waals surface area contributed by atoms with Crippen LogP contribution < -0.4 is 0 Å². The molecular weight excluding hydrogens is 190 g/mol. The van der Waals surface area contributed by atoms with E-state index in [4.69, 9.17) is 0 Å². The summed E-state index contributed by atoms with van der Waals surface area (Å²) < 4.78 is 1.85. The minimum Gasteiger partial charge on any atom is -0.338 e. The van der Waals surface area contributed by atoms with Gasteiger partial charge >= 0.3 is 0 Å². The maximum absolute atomic E-state index is 11.8. The quantitative estimate of drug-likeness (QED) is 0.702. The summed E-state index contributed by atoms with van der Waals surface area (Å²) in [7, 11) is 1.88. The lowest BCUT2D eigenvalue weighted by molar-refractivity contribution is 0.0990. The van der Waals surface area contributed by atoms with Gasteiger partial charge in [0.2, 0.25) is 0 Å². The van der Waals surface area contributed by atoms with Crippen LogP contribution in [-0.4, -0.2) is 20.3 Å². The summed E-state index contributed by atoms with van der Waals surface area (Å²) in [6, 6.07) is 3.43. The van der Waals surface area contributed by atoms with Gasteiger partial charge in [-0.2, -0.15) is 0 Å². The van der Waals surface area contributed by atoms with E-state index in [9.17, 15) is 4.79 Å². The van der Waals surface area contributed by atoms with E-state index < -0.39 is 0 Å². The zero-order valence-electron chi connectivity index (χ0n) is 8.42. The van der Waals surface area contributed by atoms with Gasteiger partial charge in [-0.1, -0.05) is 0 Å². The Labute approximate surface area is 87.6 Å². The molecule has 0 unspecified atom stereocenters. The molecular formula is C11H11N3O. The van der Waals surface area contributed by atoms with Gasteiger partial charge in [0.25, 0.3) is 0 Å². The molecule has 2 aromatic heterocycles. The number of imidazole rings is 1. The number of Topliss-reactive ketones (excluding diaryl/α,β-unsaturated/α-hetero) is 1. The Balaban J connectivity index is 2.15. The summed E-state index contributed by atoms with van der Waals surface area (Å²) in [6.45, 7) is 0. The van der Waals surface area contributed by atoms with Crippen LogP contribution >= 0.6 is 0 Å². The number of pyridine rings is 1. The Hall–Kier alpha value is -1.97. The third-order valence-electron chi connectivity index (χ3n) is 2.24. The molecule has 0 saturated carbocycles. The fourth-order valence-corrected chi connectivity index (χ4v) is 1.35. The van der Waals surface area contributed by atoms with Crippen molar-refractivity contribution in [2.24, 2.45) is 7.05 Å². The van der Waals surface area contributed by atoms with Gasteiger partial charge in [0.05, 0.1) is 6.42 Å². The molecule has 0 aliphatic carbocycles. The standard InChI is InChI=1S/C11H11N3O/c1-14-7-6-13-11(14)8-10(15)9-2-4-12-5-3-9/h2-7H,8H2,1H3. The van der Waals surface area contributed by atoms with E-state index in [1.54, 1.807) is 30.7 Å². The normalized spacial score (nSPS) is 10.2. The van der Waals surface area contributed by atoms with Crippen molar-refractivity contribution >= 4 is 5.78 Å². The predicted octanol–water partition coefficient (Wildman–Crippen LogP) is 1.24. The lowest BCUT2D eigenvalue weighted by atomic mass is 10.1. The van der Waals surface area contributed by atoms with Crippen molar-refractivity contribution in [1.29, 1.82) is 0 Å². The highest BCUT2D eigenvalue weighted by atomic mass is 16.1. The molecule has 0 saturated heterocycles. The molecule has 0 N–H and O–H groups in total. The van der Waals surface area contributed by atoms with Crippen molar-refractivity contribution < 1.29 is 4.79 Å². The molecule has 0 atom stereocenters. The number of hydrogen-bond donors (Lipinski definition) is 0. The average Bonchev–Trinajstić information content (AvgIpc) is 2.66. The Morgan fingerprint density at radius 1 is 1.33 bits per heavy atom. The highest BCUT2D eigenvalue weighted by molar-refractivity contribution is 5.96. The zero-order valence-corrected chi connectivity index (χ0v) is 8.42. The summed E-state index contributed by atoms with van der Waals surface area (Å²) in [5, 5.41) is 0. The van der Waals surface area contributed by atoms with Crippen molar-refractivity contribution in [1.82, 2.24) is 14.5 Å². The Bertz CT molecular complexity index is 462. The van der Waals surface area contributed by atoms with Gasteiger partial charge in [-0.05, 0) is 12.1 Å². The van der Waals surface area contributed by atoms with E-state index in [-0.39, 0.29) is 5.78 Å². The van der Waals surface area contributed by atoms with Crippen molar-refractivity contribution in [2.45, 2.75) is 6.42 Å². The number of carbonyl (C=O) groups excluding carboxylic acids is 1. The largest absolute Gasteiger partial charge is 0.338 e. The molecule has 0 aliphatic rings. The molecule has 0 spiro atoms. The highest BCUT2D eigenvalue weighted by Gasteiger charge is 2.09. The van der Waals surface area contributed by atoms with Gasteiger partial charge < -0.3 is 4.57 Å². The van der Waals surface area contributed by atoms with Crippen LogP contribution in [0.2, 0.25) is 0 Å². The molecule has 0 fully saturated rings. The molecule has 2 rings (SSSR count). The van der Waals surface area contributed by atoms with Crippen molar-refractivity contribution in [3.05, 3.63) is 48.3 Å². The predicted molar refractivity (Wildman–Crippen MR) is 55.5 cm³/mol. The Morgan fingerprint density at radius 2 is 2.07 bits per heavy atom. The second kappa shape index (κ2) is 4.04. The van der Waals surface area contributed by atoms with Gasteiger partial charge in [-0.25, -0.2) is 4.98 Å². The van der Waals surface area contributed by atoms with Crippen molar-refractivity contribution in [3.63, 3.8) is 0 Å². The van der Waals surface area contributed by atoms with E-state index in [2.05, 4.69) is 9.97 Å². The maximum atomic E-state index is 11.8. The van der Waals surface area contributed by atoms with Crippen LogP contribution in [-0.2, 0) is 13.5 Å². The van der Waals surface area contributed by atoms with Crippen molar-refractivity contribution in [2.75, 3.05) is 0 Å². The molecule has 76 valence electrons. The lowest BCUT2D eigenvalue weighted by Gasteiger charge is -2.00. The Morgan fingerprint density at radius 3 is 2.67 bits per heavy atom. The molecule has 0 aromatic carbocycles. The molecule has 0 bridgehead atoms. The topological polar surface area (TPSA) is 47.8 Å². The third-order valence-corrected chi connectivity index (χ3v) is 2.24. The van der Waals surface area contributed by atoms with Crippen LogP contribution in [0, 0.1) is 0 Å². The molecule has 15 heavy (non-hydrogen) atoms. The van der Waals surface area contributed by atoms with Crippen LogP contribution in [0.25, 0.3) is 0 Å². The summed E-state index contributed by atoms with van der Waals surface area (Å²) in [4.78, 5) is 19.8. The van der Waals surface area contributed by atoms with Crippen LogP contribution in [0.3, 0.4) is 0 Å². The van der Waals surface area contributed by atoms with E-state index in [1.807, 2.05) is 17.8 Å². The van der Waals surface area contributed by atoms with Crippen LogP contribution in [0.1, 0.15) is 16.2 Å². The molecule has 2 heterocycles. The first-order valence-corrected chi connectivity index (χ1v) is 4.67. The van der Waals surface area contributed by atoms with Crippen LogP contribution in [0.15, 0.2) is 36.9 Å².